The molecule has 0 bridgehead atoms. The highest BCUT2D eigenvalue weighted by Crippen LogP contribution is 2.20. The Hall–Kier alpha value is -1.43. The van der Waals surface area contributed by atoms with Gasteiger partial charge >= 0.3 is 5.97 Å². The Morgan fingerprint density at radius 1 is 1.35 bits per heavy atom. The number of imide groups is 1. The molecule has 2 atom stereocenters. The molecular weight excluding hydrogens is 260 g/mol. The zero-order chi connectivity index (χ0) is 15.3. The molecule has 2 unspecified atom stereocenters. The summed E-state index contributed by atoms with van der Waals surface area (Å²) < 4.78 is 0. The second-order valence-electron chi connectivity index (χ2n) is 5.18. The number of nitrogens with zero attached hydrogens (tertiary/aromatic N) is 1. The van der Waals surface area contributed by atoms with E-state index in [0.717, 1.165) is 12.8 Å². The zero-order valence-electron chi connectivity index (χ0n) is 12.4. The molecule has 6 nitrogen and oxygen atoms in total. The second kappa shape index (κ2) is 7.38. The Balaban J connectivity index is 2.77. The first-order chi connectivity index (χ1) is 9.46. The molecule has 1 aliphatic heterocycles. The van der Waals surface area contributed by atoms with Crippen molar-refractivity contribution >= 4 is 17.8 Å². The van der Waals surface area contributed by atoms with Gasteiger partial charge in [0.1, 0.15) is 6.04 Å². The molecule has 0 aliphatic carbocycles. The van der Waals surface area contributed by atoms with Crippen molar-refractivity contribution in [3.8, 4) is 0 Å². The number of nitrogens with one attached hydrogen (secondary N) is 1. The van der Waals surface area contributed by atoms with E-state index in [4.69, 9.17) is 5.11 Å². The number of carboxylic acids is 1. The summed E-state index contributed by atoms with van der Waals surface area (Å²) in [5.41, 5.74) is 0. The summed E-state index contributed by atoms with van der Waals surface area (Å²) in [6.45, 7) is 5.76. The first-order valence-electron chi connectivity index (χ1n) is 7.30. The van der Waals surface area contributed by atoms with E-state index < -0.39 is 18.1 Å². The van der Waals surface area contributed by atoms with Gasteiger partial charge in [0.2, 0.25) is 11.8 Å². The van der Waals surface area contributed by atoms with Crippen LogP contribution in [0.15, 0.2) is 0 Å². The summed E-state index contributed by atoms with van der Waals surface area (Å²) in [7, 11) is 0. The number of hydrogen-bond acceptors (Lipinski definition) is 4. The number of likely N-dealkylation sites (tertiary alicyclic amines) is 1. The minimum Gasteiger partial charge on any atom is -0.480 e. The van der Waals surface area contributed by atoms with E-state index in [2.05, 4.69) is 5.32 Å². The van der Waals surface area contributed by atoms with Gasteiger partial charge in [0.05, 0.1) is 12.5 Å². The average molecular weight is 284 g/mol. The first-order valence-corrected chi connectivity index (χ1v) is 7.30. The Bertz CT molecular complexity index is 379. The third kappa shape index (κ3) is 3.56. The molecule has 1 heterocycles. The monoisotopic (exact) mass is 284 g/mol. The summed E-state index contributed by atoms with van der Waals surface area (Å²) in [5.74, 6) is -1.47. The van der Waals surface area contributed by atoms with E-state index in [9.17, 15) is 14.4 Å². The van der Waals surface area contributed by atoms with E-state index in [1.165, 1.54) is 4.90 Å². The van der Waals surface area contributed by atoms with E-state index in [-0.39, 0.29) is 24.3 Å². The minimum absolute atomic E-state index is 0.0584. The maximum Gasteiger partial charge on any atom is 0.320 e. The van der Waals surface area contributed by atoms with Crippen LogP contribution in [0, 0.1) is 0 Å². The molecule has 0 aromatic rings. The molecule has 0 radical (unpaired) electrons. The minimum atomic E-state index is -0.979. The van der Waals surface area contributed by atoms with Gasteiger partial charge in [0.15, 0.2) is 0 Å². The molecule has 0 aromatic carbocycles. The fourth-order valence-corrected chi connectivity index (χ4v) is 2.63. The molecule has 20 heavy (non-hydrogen) atoms. The van der Waals surface area contributed by atoms with Crippen LogP contribution in [0.5, 0.6) is 0 Å². The van der Waals surface area contributed by atoms with Crippen LogP contribution in [-0.4, -0.2) is 45.9 Å². The lowest BCUT2D eigenvalue weighted by Gasteiger charge is -2.25. The molecule has 114 valence electrons. The number of amides is 2. The molecule has 2 amide bonds. The number of hydrogen-bond donors (Lipinski definition) is 2. The molecule has 2 N–H and O–H groups in total. The van der Waals surface area contributed by atoms with Crippen LogP contribution >= 0.6 is 0 Å². The van der Waals surface area contributed by atoms with Crippen molar-refractivity contribution in [2.24, 2.45) is 0 Å². The molecule has 0 saturated carbocycles. The lowest BCUT2D eigenvalue weighted by molar-refractivity contribution is -0.142. The highest BCUT2D eigenvalue weighted by Gasteiger charge is 2.42. The molecule has 1 fully saturated rings. The topological polar surface area (TPSA) is 86.7 Å². The Labute approximate surface area is 119 Å². The third-order valence-corrected chi connectivity index (χ3v) is 3.77. The van der Waals surface area contributed by atoms with E-state index in [1.807, 2.05) is 20.8 Å². The number of carbonyl (C=O) groups is 3. The fraction of sp³-hybridized carbons (Fsp3) is 0.786. The maximum absolute atomic E-state index is 12.3. The summed E-state index contributed by atoms with van der Waals surface area (Å²) in [5, 5.41) is 11.9. The molecule has 1 saturated heterocycles. The van der Waals surface area contributed by atoms with Gasteiger partial charge in [-0.2, -0.15) is 0 Å². The summed E-state index contributed by atoms with van der Waals surface area (Å²) in [6.07, 6.45) is 2.65. The van der Waals surface area contributed by atoms with E-state index in [1.54, 1.807) is 0 Å². The quantitative estimate of drug-likeness (QED) is 0.653. The van der Waals surface area contributed by atoms with E-state index >= 15 is 0 Å². The van der Waals surface area contributed by atoms with Crippen molar-refractivity contribution in [1.82, 2.24) is 10.2 Å². The van der Waals surface area contributed by atoms with Crippen molar-refractivity contribution in [1.29, 1.82) is 0 Å². The smallest absolute Gasteiger partial charge is 0.320 e. The number of carbonyl (C=O) groups excluding carboxylic acids is 2. The number of carboxylic acid groups (broad SMARTS) is 1. The van der Waals surface area contributed by atoms with Crippen molar-refractivity contribution in [3.63, 3.8) is 0 Å². The summed E-state index contributed by atoms with van der Waals surface area (Å²) in [6, 6.07) is -1.56. The predicted molar refractivity (Wildman–Crippen MR) is 74.1 cm³/mol. The first kappa shape index (κ1) is 16.6. The van der Waals surface area contributed by atoms with Gasteiger partial charge in [-0.05, 0) is 19.3 Å². The van der Waals surface area contributed by atoms with Gasteiger partial charge in [-0.25, -0.2) is 0 Å². The Kier molecular flexibility index (Phi) is 6.13. The van der Waals surface area contributed by atoms with Crippen LogP contribution in [0.2, 0.25) is 0 Å². The molecule has 6 heteroatoms. The summed E-state index contributed by atoms with van der Waals surface area (Å²) in [4.78, 5) is 36.7. The SMILES string of the molecule is CCCC(NC1CC(=O)N(C(CC)CC)C1=O)C(=O)O. The normalized spacial score (nSPS) is 20.8. The summed E-state index contributed by atoms with van der Waals surface area (Å²) >= 11 is 0. The Morgan fingerprint density at radius 3 is 2.40 bits per heavy atom. The fourth-order valence-electron chi connectivity index (χ4n) is 2.63. The van der Waals surface area contributed by atoms with Crippen molar-refractivity contribution in [2.75, 3.05) is 0 Å². The van der Waals surface area contributed by atoms with Gasteiger partial charge in [0.25, 0.3) is 0 Å². The van der Waals surface area contributed by atoms with Crippen LogP contribution < -0.4 is 5.32 Å². The van der Waals surface area contributed by atoms with Crippen LogP contribution in [0.3, 0.4) is 0 Å². The average Bonchev–Trinajstić information content (AvgIpc) is 2.67. The van der Waals surface area contributed by atoms with Crippen LogP contribution in [0.25, 0.3) is 0 Å². The Morgan fingerprint density at radius 2 is 1.95 bits per heavy atom. The predicted octanol–water partition coefficient (Wildman–Crippen LogP) is 1.15. The third-order valence-electron chi connectivity index (χ3n) is 3.77. The van der Waals surface area contributed by atoms with Gasteiger partial charge in [-0.15, -0.1) is 0 Å². The van der Waals surface area contributed by atoms with Crippen LogP contribution in [0.4, 0.5) is 0 Å². The lowest BCUT2D eigenvalue weighted by Crippen LogP contribution is -2.48. The standard InChI is InChI=1S/C14H24N2O4/c1-4-7-10(14(19)20)15-11-8-12(17)16(13(11)18)9(5-2)6-3/h9-11,15H,4-8H2,1-3H3,(H,19,20). The number of rotatable bonds is 8. The van der Waals surface area contributed by atoms with Crippen molar-refractivity contribution < 1.29 is 19.5 Å². The maximum atomic E-state index is 12.3. The highest BCUT2D eigenvalue weighted by atomic mass is 16.4. The molecule has 0 spiro atoms. The van der Waals surface area contributed by atoms with Crippen molar-refractivity contribution in [2.45, 2.75) is 71.0 Å². The molecule has 1 aliphatic rings. The van der Waals surface area contributed by atoms with E-state index in [0.29, 0.717) is 12.8 Å². The van der Waals surface area contributed by atoms with Crippen LogP contribution in [0.1, 0.15) is 52.9 Å². The van der Waals surface area contributed by atoms with Crippen LogP contribution in [-0.2, 0) is 14.4 Å². The molecular formula is C14H24N2O4. The zero-order valence-corrected chi connectivity index (χ0v) is 12.4. The molecule has 0 aromatic heterocycles. The lowest BCUT2D eigenvalue weighted by atomic mass is 10.1. The largest absolute Gasteiger partial charge is 0.480 e. The highest BCUT2D eigenvalue weighted by molar-refractivity contribution is 6.06. The van der Waals surface area contributed by atoms with Gasteiger partial charge in [-0.3, -0.25) is 24.6 Å². The van der Waals surface area contributed by atoms with Gasteiger partial charge in [-0.1, -0.05) is 27.2 Å². The van der Waals surface area contributed by atoms with Gasteiger partial charge < -0.3 is 5.11 Å². The second-order valence-corrected chi connectivity index (χ2v) is 5.18. The van der Waals surface area contributed by atoms with Crippen molar-refractivity contribution in [3.05, 3.63) is 0 Å². The molecule has 1 rings (SSSR count). The van der Waals surface area contributed by atoms with Gasteiger partial charge in [0, 0.05) is 6.04 Å². The number of aliphatic carboxylic acids is 1.